The summed E-state index contributed by atoms with van der Waals surface area (Å²) >= 11 is 0. The predicted molar refractivity (Wildman–Crippen MR) is 58.0 cm³/mol. The van der Waals surface area contributed by atoms with E-state index in [1.54, 1.807) is 7.11 Å². The second-order valence-electron chi connectivity index (χ2n) is 3.80. The summed E-state index contributed by atoms with van der Waals surface area (Å²) < 4.78 is 0. The lowest BCUT2D eigenvalue weighted by Gasteiger charge is -2.18. The van der Waals surface area contributed by atoms with E-state index in [1.807, 2.05) is 13.8 Å². The van der Waals surface area contributed by atoms with Crippen LogP contribution in [0, 0.1) is 13.8 Å². The summed E-state index contributed by atoms with van der Waals surface area (Å²) in [6.45, 7) is 3.97. The topological polar surface area (TPSA) is 47.4 Å². The van der Waals surface area contributed by atoms with Crippen LogP contribution < -0.4 is 0 Å². The third-order valence-corrected chi connectivity index (χ3v) is 2.66. The van der Waals surface area contributed by atoms with Gasteiger partial charge < -0.3 is 4.84 Å². The normalized spacial score (nSPS) is 17.7. The average molecular weight is 205 g/mol. The maximum atomic E-state index is 4.81. The Morgan fingerprint density at radius 2 is 2.00 bits per heavy atom. The third kappa shape index (κ3) is 1.98. The van der Waals surface area contributed by atoms with Crippen molar-refractivity contribution in [3.8, 4) is 0 Å². The number of nitrogens with zero attached hydrogens (tertiary/aromatic N) is 3. The molecule has 0 atom stereocenters. The van der Waals surface area contributed by atoms with E-state index in [1.165, 1.54) is 11.3 Å². The monoisotopic (exact) mass is 205 g/mol. The Balaban J connectivity index is 2.37. The summed E-state index contributed by atoms with van der Waals surface area (Å²) in [5.41, 5.74) is 4.55. The first kappa shape index (κ1) is 10.1. The van der Waals surface area contributed by atoms with Crippen LogP contribution in [0.3, 0.4) is 0 Å². The van der Waals surface area contributed by atoms with Gasteiger partial charge in [-0.25, -0.2) is 9.97 Å². The number of aryl methyl sites for hydroxylation is 3. The lowest BCUT2D eigenvalue weighted by atomic mass is 9.93. The van der Waals surface area contributed by atoms with Gasteiger partial charge >= 0.3 is 0 Å². The molecule has 1 aliphatic rings. The van der Waals surface area contributed by atoms with E-state index < -0.39 is 0 Å². The van der Waals surface area contributed by atoms with Crippen LogP contribution in [0.2, 0.25) is 0 Å². The molecule has 0 bridgehead atoms. The number of oxime groups is 1. The molecule has 1 aliphatic carbocycles. The molecule has 0 saturated carbocycles. The lowest BCUT2D eigenvalue weighted by Crippen LogP contribution is -2.18. The first-order valence-corrected chi connectivity index (χ1v) is 5.12. The van der Waals surface area contributed by atoms with Gasteiger partial charge in [-0.1, -0.05) is 5.16 Å². The maximum Gasteiger partial charge on any atom is 0.125 e. The van der Waals surface area contributed by atoms with Crippen LogP contribution in [0.1, 0.15) is 29.2 Å². The molecule has 0 aromatic carbocycles. The molecule has 2 rings (SSSR count). The molecule has 4 nitrogen and oxygen atoms in total. The fraction of sp³-hybridized carbons (Fsp3) is 0.545. The van der Waals surface area contributed by atoms with Crippen molar-refractivity contribution in [3.63, 3.8) is 0 Å². The molecule has 0 spiro atoms. The van der Waals surface area contributed by atoms with E-state index in [2.05, 4.69) is 15.1 Å². The molecule has 1 aromatic rings. The Kier molecular flexibility index (Phi) is 2.66. The largest absolute Gasteiger partial charge is 0.399 e. The molecule has 80 valence electrons. The Morgan fingerprint density at radius 3 is 2.73 bits per heavy atom. The molecule has 0 fully saturated rings. The summed E-state index contributed by atoms with van der Waals surface area (Å²) in [5.74, 6) is 0.860. The molecule has 0 N–H and O–H groups in total. The van der Waals surface area contributed by atoms with Gasteiger partial charge in [0, 0.05) is 23.4 Å². The highest BCUT2D eigenvalue weighted by Gasteiger charge is 2.18. The third-order valence-electron chi connectivity index (χ3n) is 2.66. The van der Waals surface area contributed by atoms with E-state index in [0.717, 1.165) is 36.5 Å². The summed E-state index contributed by atoms with van der Waals surface area (Å²) in [6, 6.07) is 0. The summed E-state index contributed by atoms with van der Waals surface area (Å²) in [6.07, 6.45) is 2.72. The minimum Gasteiger partial charge on any atom is -0.399 e. The molecule has 15 heavy (non-hydrogen) atoms. The SMILES string of the molecule is CON=C1CCc2nc(C)nc(C)c2C1. The molecule has 0 unspecified atom stereocenters. The zero-order valence-electron chi connectivity index (χ0n) is 9.37. The highest BCUT2D eigenvalue weighted by Crippen LogP contribution is 2.20. The molecule has 1 heterocycles. The van der Waals surface area contributed by atoms with Crippen molar-refractivity contribution in [1.29, 1.82) is 0 Å². The number of hydrogen-bond acceptors (Lipinski definition) is 4. The van der Waals surface area contributed by atoms with Gasteiger partial charge in [0.1, 0.15) is 12.9 Å². The van der Waals surface area contributed by atoms with Gasteiger partial charge in [-0.15, -0.1) is 0 Å². The van der Waals surface area contributed by atoms with E-state index in [4.69, 9.17) is 4.84 Å². The van der Waals surface area contributed by atoms with Crippen molar-refractivity contribution < 1.29 is 4.84 Å². The lowest BCUT2D eigenvalue weighted by molar-refractivity contribution is 0.211. The first-order valence-electron chi connectivity index (χ1n) is 5.12. The zero-order chi connectivity index (χ0) is 10.8. The molecule has 0 aliphatic heterocycles. The molecule has 4 heteroatoms. The number of rotatable bonds is 1. The summed E-state index contributed by atoms with van der Waals surface area (Å²) in [7, 11) is 1.58. The van der Waals surface area contributed by atoms with E-state index in [-0.39, 0.29) is 0 Å². The van der Waals surface area contributed by atoms with Gasteiger partial charge in [0.05, 0.1) is 5.71 Å². The van der Waals surface area contributed by atoms with Crippen LogP contribution in [0.15, 0.2) is 5.16 Å². The molecule has 1 aromatic heterocycles. The fourth-order valence-corrected chi connectivity index (χ4v) is 2.01. The summed E-state index contributed by atoms with van der Waals surface area (Å²) in [5, 5.41) is 4.01. The molecule has 0 amide bonds. The van der Waals surface area contributed by atoms with Gasteiger partial charge in [-0.05, 0) is 26.7 Å². The Morgan fingerprint density at radius 1 is 1.20 bits per heavy atom. The Hall–Kier alpha value is -1.45. The Bertz CT molecular complexity index is 413. The minimum absolute atomic E-state index is 0.829. The maximum absolute atomic E-state index is 4.81. The van der Waals surface area contributed by atoms with Crippen molar-refractivity contribution in [2.24, 2.45) is 5.16 Å². The average Bonchev–Trinajstić information content (AvgIpc) is 2.19. The van der Waals surface area contributed by atoms with Crippen LogP contribution in [0.4, 0.5) is 0 Å². The highest BCUT2D eigenvalue weighted by atomic mass is 16.6. The molecule has 0 radical (unpaired) electrons. The van der Waals surface area contributed by atoms with Gasteiger partial charge in [0.25, 0.3) is 0 Å². The number of aromatic nitrogens is 2. The van der Waals surface area contributed by atoms with Crippen molar-refractivity contribution in [3.05, 3.63) is 22.8 Å². The second-order valence-corrected chi connectivity index (χ2v) is 3.80. The van der Waals surface area contributed by atoms with Crippen LogP contribution in [0.25, 0.3) is 0 Å². The van der Waals surface area contributed by atoms with Crippen LogP contribution in [-0.4, -0.2) is 22.8 Å². The van der Waals surface area contributed by atoms with Crippen LogP contribution >= 0.6 is 0 Å². The van der Waals surface area contributed by atoms with E-state index >= 15 is 0 Å². The number of hydrogen-bond donors (Lipinski definition) is 0. The van der Waals surface area contributed by atoms with Crippen LogP contribution in [0.5, 0.6) is 0 Å². The fourth-order valence-electron chi connectivity index (χ4n) is 2.01. The Labute approximate surface area is 89.4 Å². The zero-order valence-corrected chi connectivity index (χ0v) is 9.37. The van der Waals surface area contributed by atoms with Crippen molar-refractivity contribution in [2.75, 3.05) is 7.11 Å². The second kappa shape index (κ2) is 3.96. The van der Waals surface area contributed by atoms with Crippen molar-refractivity contribution >= 4 is 5.71 Å². The van der Waals surface area contributed by atoms with Gasteiger partial charge in [-0.3, -0.25) is 0 Å². The van der Waals surface area contributed by atoms with Crippen molar-refractivity contribution in [2.45, 2.75) is 33.1 Å². The van der Waals surface area contributed by atoms with Gasteiger partial charge in [0.2, 0.25) is 0 Å². The molecule has 0 saturated heterocycles. The highest BCUT2D eigenvalue weighted by molar-refractivity contribution is 5.88. The first-order chi connectivity index (χ1) is 7.20. The molecular weight excluding hydrogens is 190 g/mol. The van der Waals surface area contributed by atoms with E-state index in [9.17, 15) is 0 Å². The minimum atomic E-state index is 0.829. The predicted octanol–water partition coefficient (Wildman–Crippen LogP) is 1.58. The van der Waals surface area contributed by atoms with Gasteiger partial charge in [0.15, 0.2) is 0 Å². The summed E-state index contributed by atoms with van der Waals surface area (Å²) in [4.78, 5) is 13.6. The van der Waals surface area contributed by atoms with Gasteiger partial charge in [-0.2, -0.15) is 0 Å². The standard InChI is InChI=1S/C11H15N3O/c1-7-10-6-9(14-15-3)4-5-11(10)13-8(2)12-7/h4-6H2,1-3H3. The van der Waals surface area contributed by atoms with Crippen LogP contribution in [-0.2, 0) is 17.7 Å². The molecular formula is C11H15N3O. The van der Waals surface area contributed by atoms with Crippen molar-refractivity contribution in [1.82, 2.24) is 9.97 Å². The smallest absolute Gasteiger partial charge is 0.125 e. The van der Waals surface area contributed by atoms with E-state index in [0.29, 0.717) is 0 Å². The quantitative estimate of drug-likeness (QED) is 0.654. The number of fused-ring (bicyclic) bond motifs is 1.